The summed E-state index contributed by atoms with van der Waals surface area (Å²) in [4.78, 5) is 13.3. The Morgan fingerprint density at radius 3 is 2.74 bits per heavy atom. The summed E-state index contributed by atoms with van der Waals surface area (Å²) in [5.74, 6) is 0.607. The van der Waals surface area contributed by atoms with E-state index in [1.807, 2.05) is 47.8 Å². The van der Waals surface area contributed by atoms with Gasteiger partial charge in [0.1, 0.15) is 12.4 Å². The Hall–Kier alpha value is -3.32. The van der Waals surface area contributed by atoms with Crippen molar-refractivity contribution in [2.75, 3.05) is 5.32 Å². The summed E-state index contributed by atoms with van der Waals surface area (Å²) in [6.07, 6.45) is 3.37. The number of rotatable bonds is 7. The second-order valence-electron chi connectivity index (χ2n) is 7.73. The lowest BCUT2D eigenvalue weighted by Crippen LogP contribution is -2.09. The van der Waals surface area contributed by atoms with Crippen molar-refractivity contribution in [3.8, 4) is 5.75 Å². The van der Waals surface area contributed by atoms with Crippen molar-refractivity contribution in [1.82, 2.24) is 9.78 Å². The number of thiophene rings is 1. The molecule has 0 unspecified atom stereocenters. The van der Waals surface area contributed by atoms with E-state index in [2.05, 4.69) is 22.5 Å². The van der Waals surface area contributed by atoms with Gasteiger partial charge in [-0.05, 0) is 52.0 Å². The molecular weight excluding hydrogens is 489 g/mol. The molecule has 170 valence electrons. The van der Waals surface area contributed by atoms with Gasteiger partial charge in [0.15, 0.2) is 0 Å². The van der Waals surface area contributed by atoms with Crippen molar-refractivity contribution in [3.05, 3.63) is 111 Å². The Labute approximate surface area is 210 Å². The van der Waals surface area contributed by atoms with Gasteiger partial charge < -0.3 is 10.1 Å². The fraction of sp³-hybridized carbons (Fsp3) is 0.0769. The third-order valence-electron chi connectivity index (χ3n) is 5.24. The smallest absolute Gasteiger partial charge is 0.265 e. The van der Waals surface area contributed by atoms with Crippen molar-refractivity contribution in [2.45, 2.75) is 13.2 Å². The average molecular weight is 508 g/mol. The minimum absolute atomic E-state index is 0.189. The molecule has 0 radical (unpaired) electrons. The summed E-state index contributed by atoms with van der Waals surface area (Å²) in [6, 6.07) is 21.3. The van der Waals surface area contributed by atoms with Crippen molar-refractivity contribution < 1.29 is 9.53 Å². The van der Waals surface area contributed by atoms with E-state index in [0.717, 1.165) is 22.3 Å². The first kappa shape index (κ1) is 22.5. The van der Waals surface area contributed by atoms with E-state index >= 15 is 0 Å². The van der Waals surface area contributed by atoms with Crippen LogP contribution in [0.2, 0.25) is 10.0 Å². The maximum atomic E-state index is 12.7. The molecule has 2 heterocycles. The Morgan fingerprint density at radius 2 is 1.88 bits per heavy atom. The first-order chi connectivity index (χ1) is 16.5. The molecule has 0 aliphatic carbocycles. The highest BCUT2D eigenvalue weighted by atomic mass is 35.5. The molecule has 0 atom stereocenters. The average Bonchev–Trinajstić information content (AvgIpc) is 3.49. The normalized spacial score (nSPS) is 11.0. The van der Waals surface area contributed by atoms with Gasteiger partial charge in [-0.25, -0.2) is 0 Å². The number of carbonyl (C=O) groups is 1. The van der Waals surface area contributed by atoms with Gasteiger partial charge in [0.25, 0.3) is 5.91 Å². The van der Waals surface area contributed by atoms with Crippen molar-refractivity contribution >= 4 is 56.9 Å². The summed E-state index contributed by atoms with van der Waals surface area (Å²) in [7, 11) is 0. The number of nitrogens with zero attached hydrogens (tertiary/aromatic N) is 2. The largest absolute Gasteiger partial charge is 0.489 e. The minimum Gasteiger partial charge on any atom is -0.489 e. The number of halogens is 2. The number of fused-ring (bicyclic) bond motifs is 1. The molecule has 0 saturated carbocycles. The number of hydrogen-bond donors (Lipinski definition) is 1. The quantitative estimate of drug-likeness (QED) is 0.251. The third kappa shape index (κ3) is 5.25. The first-order valence-corrected chi connectivity index (χ1v) is 12.1. The van der Waals surface area contributed by atoms with Gasteiger partial charge in [-0.15, -0.1) is 11.3 Å². The van der Waals surface area contributed by atoms with E-state index in [1.54, 1.807) is 29.2 Å². The zero-order valence-corrected chi connectivity index (χ0v) is 20.2. The zero-order chi connectivity index (χ0) is 23.5. The Morgan fingerprint density at radius 1 is 1.03 bits per heavy atom. The molecule has 0 saturated heterocycles. The highest BCUT2D eigenvalue weighted by Gasteiger charge is 2.12. The lowest BCUT2D eigenvalue weighted by molar-refractivity contribution is 0.103. The standard InChI is InChI=1S/C26H19Cl2N3O2S/c27-21-7-5-20(24(28)11-21)13-31-14-22(12-29-31)30-26(32)25-9-17(16-34-25)15-33-23-8-6-18-3-1-2-4-19(18)10-23/h1-12,14,16H,13,15H2,(H,30,32). The number of benzene rings is 3. The van der Waals surface area contributed by atoms with Gasteiger partial charge in [-0.1, -0.05) is 59.6 Å². The van der Waals surface area contributed by atoms with Crippen LogP contribution in [0, 0.1) is 0 Å². The molecule has 3 aromatic carbocycles. The van der Waals surface area contributed by atoms with Gasteiger partial charge in [0, 0.05) is 21.8 Å². The van der Waals surface area contributed by atoms with Crippen molar-refractivity contribution in [2.24, 2.45) is 0 Å². The second kappa shape index (κ2) is 9.89. The Kier molecular flexibility index (Phi) is 6.54. The molecule has 5 aromatic rings. The van der Waals surface area contributed by atoms with Crippen LogP contribution in [0.1, 0.15) is 20.8 Å². The molecule has 2 aromatic heterocycles. The number of aromatic nitrogens is 2. The highest BCUT2D eigenvalue weighted by Crippen LogP contribution is 2.24. The van der Waals surface area contributed by atoms with E-state index in [-0.39, 0.29) is 5.91 Å². The summed E-state index contributed by atoms with van der Waals surface area (Å²) in [6.45, 7) is 0.864. The summed E-state index contributed by atoms with van der Waals surface area (Å²) in [5, 5.41) is 12.6. The summed E-state index contributed by atoms with van der Waals surface area (Å²) < 4.78 is 7.64. The summed E-state index contributed by atoms with van der Waals surface area (Å²) >= 11 is 13.6. The second-order valence-corrected chi connectivity index (χ2v) is 9.49. The van der Waals surface area contributed by atoms with E-state index in [1.165, 1.54) is 16.7 Å². The van der Waals surface area contributed by atoms with Gasteiger partial charge in [-0.2, -0.15) is 5.10 Å². The fourth-order valence-corrected chi connectivity index (χ4v) is 4.79. The number of carbonyl (C=O) groups excluding carboxylic acids is 1. The van der Waals surface area contributed by atoms with Crippen LogP contribution in [-0.4, -0.2) is 15.7 Å². The van der Waals surface area contributed by atoms with Crippen LogP contribution in [0.3, 0.4) is 0 Å². The maximum absolute atomic E-state index is 12.7. The van der Waals surface area contributed by atoms with Crippen LogP contribution in [0.4, 0.5) is 5.69 Å². The number of amides is 1. The van der Waals surface area contributed by atoms with Gasteiger partial charge in [0.2, 0.25) is 0 Å². The minimum atomic E-state index is -0.189. The van der Waals surface area contributed by atoms with E-state index < -0.39 is 0 Å². The molecular formula is C26H19Cl2N3O2S. The first-order valence-electron chi connectivity index (χ1n) is 10.5. The Balaban J connectivity index is 1.18. The van der Waals surface area contributed by atoms with E-state index in [4.69, 9.17) is 27.9 Å². The van der Waals surface area contributed by atoms with E-state index in [0.29, 0.717) is 33.8 Å². The lowest BCUT2D eigenvalue weighted by atomic mass is 10.1. The van der Waals surface area contributed by atoms with Crippen LogP contribution in [-0.2, 0) is 13.2 Å². The molecule has 1 N–H and O–H groups in total. The highest BCUT2D eigenvalue weighted by molar-refractivity contribution is 7.12. The number of hydrogen-bond acceptors (Lipinski definition) is 4. The molecule has 8 heteroatoms. The van der Waals surface area contributed by atoms with Crippen LogP contribution in [0.25, 0.3) is 10.8 Å². The molecule has 0 fully saturated rings. The third-order valence-corrected chi connectivity index (χ3v) is 6.81. The van der Waals surface area contributed by atoms with E-state index in [9.17, 15) is 4.79 Å². The molecule has 0 spiro atoms. The zero-order valence-electron chi connectivity index (χ0n) is 17.9. The van der Waals surface area contributed by atoms with Gasteiger partial charge in [-0.3, -0.25) is 9.48 Å². The number of ether oxygens (including phenoxy) is 1. The molecule has 5 rings (SSSR count). The molecule has 0 aliphatic rings. The van der Waals surface area contributed by atoms with Crippen LogP contribution < -0.4 is 10.1 Å². The molecule has 0 aliphatic heterocycles. The number of anilines is 1. The molecule has 1 amide bonds. The topological polar surface area (TPSA) is 56.2 Å². The van der Waals surface area contributed by atoms with Crippen LogP contribution >= 0.6 is 34.5 Å². The Bertz CT molecular complexity index is 1480. The van der Waals surface area contributed by atoms with Crippen molar-refractivity contribution in [3.63, 3.8) is 0 Å². The summed E-state index contributed by atoms with van der Waals surface area (Å²) in [5.41, 5.74) is 2.44. The number of nitrogens with one attached hydrogen (secondary N) is 1. The van der Waals surface area contributed by atoms with Gasteiger partial charge >= 0.3 is 0 Å². The van der Waals surface area contributed by atoms with Crippen LogP contribution in [0.15, 0.2) is 84.5 Å². The van der Waals surface area contributed by atoms with Crippen LogP contribution in [0.5, 0.6) is 5.75 Å². The van der Waals surface area contributed by atoms with Crippen molar-refractivity contribution in [1.29, 1.82) is 0 Å². The monoisotopic (exact) mass is 507 g/mol. The lowest BCUT2D eigenvalue weighted by Gasteiger charge is -2.06. The molecule has 5 nitrogen and oxygen atoms in total. The molecule has 0 bridgehead atoms. The SMILES string of the molecule is O=C(Nc1cnn(Cc2ccc(Cl)cc2Cl)c1)c1cc(COc2ccc3ccccc3c2)cs1. The fourth-order valence-electron chi connectivity index (χ4n) is 3.53. The predicted molar refractivity (Wildman–Crippen MR) is 138 cm³/mol. The van der Waals surface area contributed by atoms with Gasteiger partial charge in [0.05, 0.1) is 23.3 Å². The maximum Gasteiger partial charge on any atom is 0.265 e. The molecule has 34 heavy (non-hydrogen) atoms. The predicted octanol–water partition coefficient (Wildman–Crippen LogP) is 7.28.